The first-order valence-corrected chi connectivity index (χ1v) is 6.36. The maximum atomic E-state index is 11.1. The molecule has 0 fully saturated rings. The van der Waals surface area contributed by atoms with Crippen LogP contribution in [0.2, 0.25) is 0 Å². The van der Waals surface area contributed by atoms with Crippen molar-refractivity contribution in [2.24, 2.45) is 11.3 Å². The third-order valence-corrected chi connectivity index (χ3v) is 2.72. The molecule has 1 heterocycles. The molecular formula is C13H23N3O2. The van der Waals surface area contributed by atoms with Crippen molar-refractivity contribution in [3.8, 4) is 0 Å². The van der Waals surface area contributed by atoms with Crippen LogP contribution in [0.1, 0.15) is 57.2 Å². The van der Waals surface area contributed by atoms with Gasteiger partial charge in [0.1, 0.15) is 0 Å². The van der Waals surface area contributed by atoms with Crippen molar-refractivity contribution < 1.29 is 9.90 Å². The number of aromatic carboxylic acids is 1. The largest absolute Gasteiger partial charge is 0.476 e. The SMILES string of the molecule is CC(C)Cc1c(C(=O)O)nnn1CCC(C)(C)C. The van der Waals surface area contributed by atoms with Crippen molar-refractivity contribution in [3.63, 3.8) is 0 Å². The Balaban J connectivity index is 2.93. The zero-order valence-corrected chi connectivity index (χ0v) is 11.9. The zero-order valence-electron chi connectivity index (χ0n) is 11.9. The van der Waals surface area contributed by atoms with Crippen LogP contribution < -0.4 is 0 Å². The van der Waals surface area contributed by atoms with Gasteiger partial charge in [0.15, 0.2) is 5.69 Å². The summed E-state index contributed by atoms with van der Waals surface area (Å²) in [4.78, 5) is 11.1. The third kappa shape index (κ3) is 4.13. The molecule has 0 saturated heterocycles. The molecule has 0 aromatic carbocycles. The Morgan fingerprint density at radius 3 is 2.44 bits per heavy atom. The van der Waals surface area contributed by atoms with Crippen LogP contribution in [0, 0.1) is 11.3 Å². The number of carbonyl (C=O) groups is 1. The highest BCUT2D eigenvalue weighted by molar-refractivity contribution is 5.86. The Kier molecular flexibility index (Phi) is 4.48. The Bertz CT molecular complexity index is 416. The predicted octanol–water partition coefficient (Wildman–Crippen LogP) is 2.61. The molecule has 0 aliphatic carbocycles. The van der Waals surface area contributed by atoms with Crippen LogP contribution in [-0.4, -0.2) is 26.1 Å². The van der Waals surface area contributed by atoms with E-state index in [1.165, 1.54) is 0 Å². The Labute approximate surface area is 108 Å². The molecule has 1 N–H and O–H groups in total. The molecule has 5 nitrogen and oxygen atoms in total. The second-order valence-corrected chi connectivity index (χ2v) is 6.32. The fourth-order valence-electron chi connectivity index (χ4n) is 1.71. The summed E-state index contributed by atoms with van der Waals surface area (Å²) < 4.78 is 1.74. The number of hydrogen-bond donors (Lipinski definition) is 1. The number of rotatable bonds is 5. The molecule has 18 heavy (non-hydrogen) atoms. The maximum Gasteiger partial charge on any atom is 0.358 e. The lowest BCUT2D eigenvalue weighted by atomic mass is 9.92. The van der Waals surface area contributed by atoms with Gasteiger partial charge >= 0.3 is 5.97 Å². The monoisotopic (exact) mass is 253 g/mol. The van der Waals surface area contributed by atoms with E-state index in [0.717, 1.165) is 12.1 Å². The first kappa shape index (κ1) is 14.7. The molecule has 0 saturated carbocycles. The summed E-state index contributed by atoms with van der Waals surface area (Å²) in [5, 5.41) is 16.9. The Morgan fingerprint density at radius 2 is 2.00 bits per heavy atom. The molecule has 102 valence electrons. The lowest BCUT2D eigenvalue weighted by molar-refractivity contribution is 0.0689. The number of carboxylic acid groups (broad SMARTS) is 1. The molecule has 0 radical (unpaired) electrons. The molecule has 0 spiro atoms. The van der Waals surface area contributed by atoms with Gasteiger partial charge in [0.05, 0.1) is 5.69 Å². The number of aromatic nitrogens is 3. The number of nitrogens with zero attached hydrogens (tertiary/aromatic N) is 3. The molecule has 1 aromatic heterocycles. The molecule has 1 aromatic rings. The topological polar surface area (TPSA) is 68.0 Å². The zero-order chi connectivity index (χ0) is 13.9. The van der Waals surface area contributed by atoms with E-state index in [4.69, 9.17) is 5.11 Å². The van der Waals surface area contributed by atoms with Gasteiger partial charge in [0.2, 0.25) is 0 Å². The van der Waals surface area contributed by atoms with Crippen molar-refractivity contribution in [1.29, 1.82) is 0 Å². The van der Waals surface area contributed by atoms with E-state index in [0.29, 0.717) is 18.9 Å². The summed E-state index contributed by atoms with van der Waals surface area (Å²) in [6.45, 7) is 11.3. The number of aryl methyl sites for hydroxylation is 1. The van der Waals surface area contributed by atoms with Crippen molar-refractivity contribution in [3.05, 3.63) is 11.4 Å². The van der Waals surface area contributed by atoms with Gasteiger partial charge in [-0.1, -0.05) is 39.8 Å². The van der Waals surface area contributed by atoms with Gasteiger partial charge in [0, 0.05) is 6.54 Å². The molecule has 1 rings (SSSR count). The van der Waals surface area contributed by atoms with Gasteiger partial charge in [-0.25, -0.2) is 9.48 Å². The van der Waals surface area contributed by atoms with Crippen LogP contribution in [0.4, 0.5) is 0 Å². The quantitative estimate of drug-likeness (QED) is 0.875. The van der Waals surface area contributed by atoms with Gasteiger partial charge in [-0.2, -0.15) is 0 Å². The van der Waals surface area contributed by atoms with E-state index in [1.807, 2.05) is 0 Å². The summed E-state index contributed by atoms with van der Waals surface area (Å²) >= 11 is 0. The fraction of sp³-hybridized carbons (Fsp3) is 0.769. The molecule has 0 amide bonds. The summed E-state index contributed by atoms with van der Waals surface area (Å²) in [7, 11) is 0. The van der Waals surface area contributed by atoms with E-state index in [9.17, 15) is 4.79 Å². The van der Waals surface area contributed by atoms with Gasteiger partial charge in [-0.05, 0) is 24.2 Å². The van der Waals surface area contributed by atoms with E-state index in [2.05, 4.69) is 44.9 Å². The van der Waals surface area contributed by atoms with E-state index in [1.54, 1.807) is 4.68 Å². The van der Waals surface area contributed by atoms with Crippen LogP contribution in [0.15, 0.2) is 0 Å². The summed E-state index contributed by atoms with van der Waals surface area (Å²) in [6.07, 6.45) is 1.64. The minimum atomic E-state index is -0.993. The average Bonchev–Trinajstić information content (AvgIpc) is 2.56. The second-order valence-electron chi connectivity index (χ2n) is 6.32. The van der Waals surface area contributed by atoms with Crippen LogP contribution in [0.5, 0.6) is 0 Å². The van der Waals surface area contributed by atoms with Gasteiger partial charge < -0.3 is 5.11 Å². The van der Waals surface area contributed by atoms with Crippen molar-refractivity contribution in [1.82, 2.24) is 15.0 Å². The van der Waals surface area contributed by atoms with Gasteiger partial charge in [-0.15, -0.1) is 5.10 Å². The molecule has 5 heteroatoms. The fourth-order valence-corrected chi connectivity index (χ4v) is 1.71. The van der Waals surface area contributed by atoms with Crippen LogP contribution in [0.3, 0.4) is 0 Å². The lowest BCUT2D eigenvalue weighted by Crippen LogP contribution is -2.15. The van der Waals surface area contributed by atoms with Crippen molar-refractivity contribution >= 4 is 5.97 Å². The van der Waals surface area contributed by atoms with E-state index >= 15 is 0 Å². The van der Waals surface area contributed by atoms with Gasteiger partial charge in [0.25, 0.3) is 0 Å². The molecule has 0 aliphatic rings. The summed E-state index contributed by atoms with van der Waals surface area (Å²) in [5.74, 6) is -0.609. The van der Waals surface area contributed by atoms with E-state index in [-0.39, 0.29) is 11.1 Å². The predicted molar refractivity (Wildman–Crippen MR) is 69.6 cm³/mol. The molecule has 0 atom stereocenters. The summed E-state index contributed by atoms with van der Waals surface area (Å²) in [5.41, 5.74) is 1.03. The normalized spacial score (nSPS) is 12.1. The highest BCUT2D eigenvalue weighted by Crippen LogP contribution is 2.20. The van der Waals surface area contributed by atoms with E-state index < -0.39 is 5.97 Å². The van der Waals surface area contributed by atoms with Crippen molar-refractivity contribution in [2.75, 3.05) is 0 Å². The highest BCUT2D eigenvalue weighted by Gasteiger charge is 2.20. The van der Waals surface area contributed by atoms with Gasteiger partial charge in [-0.3, -0.25) is 0 Å². The van der Waals surface area contributed by atoms with Crippen molar-refractivity contribution in [2.45, 2.75) is 54.0 Å². The number of carboxylic acids is 1. The van der Waals surface area contributed by atoms with Crippen LogP contribution in [0.25, 0.3) is 0 Å². The minimum Gasteiger partial charge on any atom is -0.476 e. The average molecular weight is 253 g/mol. The first-order chi connectivity index (χ1) is 8.20. The smallest absolute Gasteiger partial charge is 0.358 e. The molecular weight excluding hydrogens is 230 g/mol. The minimum absolute atomic E-state index is 0.0950. The maximum absolute atomic E-state index is 11.1. The molecule has 0 aliphatic heterocycles. The summed E-state index contributed by atoms with van der Waals surface area (Å²) in [6, 6.07) is 0. The standard InChI is InChI=1S/C13H23N3O2/c1-9(2)8-10-11(12(17)18)14-15-16(10)7-6-13(3,4)5/h9H,6-8H2,1-5H3,(H,17,18). The lowest BCUT2D eigenvalue weighted by Gasteiger charge is -2.18. The Morgan fingerprint density at radius 1 is 1.39 bits per heavy atom. The molecule has 0 unspecified atom stereocenters. The number of hydrogen-bond acceptors (Lipinski definition) is 3. The third-order valence-electron chi connectivity index (χ3n) is 2.72. The molecule has 0 bridgehead atoms. The highest BCUT2D eigenvalue weighted by atomic mass is 16.4. The van der Waals surface area contributed by atoms with Crippen LogP contribution >= 0.6 is 0 Å². The van der Waals surface area contributed by atoms with Crippen LogP contribution in [-0.2, 0) is 13.0 Å². The second kappa shape index (κ2) is 5.50. The Hall–Kier alpha value is -1.39. The first-order valence-electron chi connectivity index (χ1n) is 6.36.